The zero-order valence-corrected chi connectivity index (χ0v) is 13.7. The van der Waals surface area contributed by atoms with Gasteiger partial charge in [0.05, 0.1) is 5.92 Å². The van der Waals surface area contributed by atoms with Gasteiger partial charge in [0, 0.05) is 37.6 Å². The highest BCUT2D eigenvalue weighted by atomic mass is 16.2. The van der Waals surface area contributed by atoms with Crippen LogP contribution in [-0.2, 0) is 22.6 Å². The highest BCUT2D eigenvalue weighted by Gasteiger charge is 2.35. The molecule has 3 rings (SSSR count). The lowest BCUT2D eigenvalue weighted by Crippen LogP contribution is -2.32. The lowest BCUT2D eigenvalue weighted by molar-refractivity contribution is -0.126. The fourth-order valence-corrected chi connectivity index (χ4v) is 2.91. The molecule has 5 heteroatoms. The number of nitrogens with zero attached hydrogens (tertiary/aromatic N) is 2. The van der Waals surface area contributed by atoms with Crippen LogP contribution in [0.5, 0.6) is 0 Å². The molecule has 2 amide bonds. The molecule has 1 N–H and O–H groups in total. The standard InChI is InChI=1S/C19H21N3O2/c1-2-14-4-3-5-17(10-14)22-13-16(11-18(22)23)19(24)21-12-15-6-8-20-9-7-15/h3-10,16H,2,11-13H2,1H3,(H,21,24). The first-order chi connectivity index (χ1) is 11.7. The van der Waals surface area contributed by atoms with Crippen molar-refractivity contribution < 1.29 is 9.59 Å². The van der Waals surface area contributed by atoms with E-state index in [1.807, 2.05) is 36.4 Å². The Labute approximate surface area is 141 Å². The van der Waals surface area contributed by atoms with Crippen molar-refractivity contribution in [3.05, 3.63) is 59.9 Å². The maximum atomic E-state index is 12.4. The number of pyridine rings is 1. The number of rotatable bonds is 5. The molecule has 0 saturated carbocycles. The minimum absolute atomic E-state index is 0.00677. The topological polar surface area (TPSA) is 62.3 Å². The van der Waals surface area contributed by atoms with Gasteiger partial charge in [-0.15, -0.1) is 0 Å². The second kappa shape index (κ2) is 7.25. The quantitative estimate of drug-likeness (QED) is 0.918. The first-order valence-electron chi connectivity index (χ1n) is 8.23. The van der Waals surface area contributed by atoms with E-state index in [9.17, 15) is 9.59 Å². The van der Waals surface area contributed by atoms with Gasteiger partial charge in [-0.2, -0.15) is 0 Å². The van der Waals surface area contributed by atoms with E-state index in [0.29, 0.717) is 13.1 Å². The fraction of sp³-hybridized carbons (Fsp3) is 0.316. The number of hydrogen-bond acceptors (Lipinski definition) is 3. The lowest BCUT2D eigenvalue weighted by Gasteiger charge is -2.17. The Bertz CT molecular complexity index is 730. The van der Waals surface area contributed by atoms with Crippen LogP contribution < -0.4 is 10.2 Å². The minimum Gasteiger partial charge on any atom is -0.352 e. The van der Waals surface area contributed by atoms with Crippen molar-refractivity contribution in [1.82, 2.24) is 10.3 Å². The normalized spacial score (nSPS) is 17.1. The third-order valence-corrected chi connectivity index (χ3v) is 4.34. The molecule has 0 bridgehead atoms. The zero-order valence-electron chi connectivity index (χ0n) is 13.7. The van der Waals surface area contributed by atoms with E-state index in [1.54, 1.807) is 17.3 Å². The number of anilines is 1. The van der Waals surface area contributed by atoms with Crippen LogP contribution in [-0.4, -0.2) is 23.3 Å². The Morgan fingerprint density at radius 3 is 2.79 bits per heavy atom. The van der Waals surface area contributed by atoms with Crippen LogP contribution in [0.2, 0.25) is 0 Å². The van der Waals surface area contributed by atoms with Crippen molar-refractivity contribution in [1.29, 1.82) is 0 Å². The maximum Gasteiger partial charge on any atom is 0.227 e. The Morgan fingerprint density at radius 2 is 2.04 bits per heavy atom. The largest absolute Gasteiger partial charge is 0.352 e. The van der Waals surface area contributed by atoms with Gasteiger partial charge in [0.15, 0.2) is 0 Å². The van der Waals surface area contributed by atoms with Crippen LogP contribution in [0.15, 0.2) is 48.8 Å². The summed E-state index contributed by atoms with van der Waals surface area (Å²) in [4.78, 5) is 30.3. The van der Waals surface area contributed by atoms with Crippen LogP contribution in [0.4, 0.5) is 5.69 Å². The molecule has 124 valence electrons. The summed E-state index contributed by atoms with van der Waals surface area (Å²) in [5, 5.41) is 2.91. The van der Waals surface area contributed by atoms with E-state index in [1.165, 1.54) is 5.56 Å². The Morgan fingerprint density at radius 1 is 1.25 bits per heavy atom. The summed E-state index contributed by atoms with van der Waals surface area (Å²) < 4.78 is 0. The van der Waals surface area contributed by atoms with Gasteiger partial charge in [-0.25, -0.2) is 0 Å². The van der Waals surface area contributed by atoms with E-state index in [-0.39, 0.29) is 24.2 Å². The van der Waals surface area contributed by atoms with Crippen LogP contribution in [0.1, 0.15) is 24.5 Å². The number of benzene rings is 1. The lowest BCUT2D eigenvalue weighted by atomic mass is 10.1. The zero-order chi connectivity index (χ0) is 16.9. The molecule has 1 fully saturated rings. The second-order valence-corrected chi connectivity index (χ2v) is 6.00. The van der Waals surface area contributed by atoms with Crippen molar-refractivity contribution >= 4 is 17.5 Å². The van der Waals surface area contributed by atoms with Crippen LogP contribution in [0, 0.1) is 5.92 Å². The molecule has 0 spiro atoms. The molecule has 24 heavy (non-hydrogen) atoms. The van der Waals surface area contributed by atoms with Crippen molar-refractivity contribution in [2.45, 2.75) is 26.3 Å². The van der Waals surface area contributed by atoms with Gasteiger partial charge in [0.1, 0.15) is 0 Å². The Hall–Kier alpha value is -2.69. The minimum atomic E-state index is -0.301. The summed E-state index contributed by atoms with van der Waals surface area (Å²) >= 11 is 0. The van der Waals surface area contributed by atoms with Gasteiger partial charge in [0.2, 0.25) is 11.8 Å². The number of carbonyl (C=O) groups is 2. The Balaban J connectivity index is 1.62. The molecular formula is C19H21N3O2. The van der Waals surface area contributed by atoms with E-state index in [0.717, 1.165) is 17.7 Å². The number of aryl methyl sites for hydroxylation is 1. The smallest absolute Gasteiger partial charge is 0.227 e. The van der Waals surface area contributed by atoms with E-state index < -0.39 is 0 Å². The average Bonchev–Trinajstić information content (AvgIpc) is 3.02. The molecule has 0 aliphatic carbocycles. The summed E-state index contributed by atoms with van der Waals surface area (Å²) in [7, 11) is 0. The molecule has 1 unspecified atom stereocenters. The molecule has 1 saturated heterocycles. The predicted octanol–water partition coefficient (Wildman–Crippen LogP) is 2.31. The number of nitrogens with one attached hydrogen (secondary N) is 1. The first kappa shape index (κ1) is 16.2. The monoisotopic (exact) mass is 323 g/mol. The summed E-state index contributed by atoms with van der Waals surface area (Å²) in [5.74, 6) is -0.369. The van der Waals surface area contributed by atoms with Gasteiger partial charge >= 0.3 is 0 Å². The SMILES string of the molecule is CCc1cccc(N2CC(C(=O)NCc3ccncc3)CC2=O)c1. The summed E-state index contributed by atoms with van der Waals surface area (Å²) in [5.41, 5.74) is 3.06. The molecule has 1 atom stereocenters. The first-order valence-corrected chi connectivity index (χ1v) is 8.23. The fourth-order valence-electron chi connectivity index (χ4n) is 2.91. The highest BCUT2D eigenvalue weighted by Crippen LogP contribution is 2.26. The van der Waals surface area contributed by atoms with Gasteiger partial charge in [-0.05, 0) is 41.8 Å². The van der Waals surface area contributed by atoms with E-state index in [2.05, 4.69) is 17.2 Å². The maximum absolute atomic E-state index is 12.4. The average molecular weight is 323 g/mol. The van der Waals surface area contributed by atoms with Gasteiger partial charge in [-0.1, -0.05) is 19.1 Å². The molecular weight excluding hydrogens is 302 g/mol. The number of amides is 2. The van der Waals surface area contributed by atoms with Gasteiger partial charge in [-0.3, -0.25) is 14.6 Å². The van der Waals surface area contributed by atoms with Crippen molar-refractivity contribution in [2.24, 2.45) is 5.92 Å². The molecule has 5 nitrogen and oxygen atoms in total. The third kappa shape index (κ3) is 3.62. The van der Waals surface area contributed by atoms with Crippen molar-refractivity contribution in [3.63, 3.8) is 0 Å². The second-order valence-electron chi connectivity index (χ2n) is 6.00. The molecule has 1 aliphatic rings. The predicted molar refractivity (Wildman–Crippen MR) is 92.4 cm³/mol. The third-order valence-electron chi connectivity index (χ3n) is 4.34. The highest BCUT2D eigenvalue weighted by molar-refractivity contribution is 6.00. The van der Waals surface area contributed by atoms with E-state index >= 15 is 0 Å². The van der Waals surface area contributed by atoms with Crippen LogP contribution in [0.3, 0.4) is 0 Å². The number of carbonyl (C=O) groups excluding carboxylic acids is 2. The number of hydrogen-bond donors (Lipinski definition) is 1. The molecule has 1 aromatic carbocycles. The van der Waals surface area contributed by atoms with Crippen LogP contribution in [0.25, 0.3) is 0 Å². The summed E-state index contributed by atoms with van der Waals surface area (Å²) in [6, 6.07) is 11.7. The van der Waals surface area contributed by atoms with E-state index in [4.69, 9.17) is 0 Å². The van der Waals surface area contributed by atoms with Crippen molar-refractivity contribution in [3.8, 4) is 0 Å². The number of aromatic nitrogens is 1. The molecule has 1 aliphatic heterocycles. The van der Waals surface area contributed by atoms with Gasteiger partial charge < -0.3 is 10.2 Å². The van der Waals surface area contributed by atoms with Crippen molar-refractivity contribution in [2.75, 3.05) is 11.4 Å². The van der Waals surface area contributed by atoms with Gasteiger partial charge in [0.25, 0.3) is 0 Å². The molecule has 2 aromatic rings. The molecule has 2 heterocycles. The molecule has 1 aromatic heterocycles. The molecule has 0 radical (unpaired) electrons. The summed E-state index contributed by atoms with van der Waals surface area (Å²) in [6.07, 6.45) is 4.58. The Kier molecular flexibility index (Phi) is 4.89. The summed E-state index contributed by atoms with van der Waals surface area (Å²) in [6.45, 7) is 2.98. The van der Waals surface area contributed by atoms with Crippen LogP contribution >= 0.6 is 0 Å².